The molecular weight excluding hydrogens is 190 g/mol. The number of hydrogen-bond acceptors (Lipinski definition) is 3. The normalized spacial score (nSPS) is 12.1. The lowest BCUT2D eigenvalue weighted by Gasteiger charge is -2.15. The van der Waals surface area contributed by atoms with Crippen molar-refractivity contribution in [1.82, 2.24) is 5.32 Å². The van der Waals surface area contributed by atoms with Crippen LogP contribution in [0, 0.1) is 0 Å². The van der Waals surface area contributed by atoms with Crippen molar-refractivity contribution in [2.24, 2.45) is 0 Å². The number of methoxy groups -OCH3 is 1. The lowest BCUT2D eigenvalue weighted by atomic mass is 10.1. The molecule has 0 radical (unpaired) electrons. The van der Waals surface area contributed by atoms with Crippen molar-refractivity contribution >= 4 is 5.97 Å². The molecule has 0 aliphatic rings. The third-order valence-corrected chi connectivity index (χ3v) is 2.22. The van der Waals surface area contributed by atoms with Gasteiger partial charge in [0, 0.05) is 0 Å². The van der Waals surface area contributed by atoms with E-state index in [2.05, 4.69) is 5.32 Å². The van der Waals surface area contributed by atoms with Gasteiger partial charge in [-0.3, -0.25) is 4.79 Å². The van der Waals surface area contributed by atoms with Crippen LogP contribution < -0.4 is 5.32 Å². The SMILES string of the molecule is CCN[C@H](Cc1ccccc1)C(=O)OC. The van der Waals surface area contributed by atoms with E-state index in [0.29, 0.717) is 6.42 Å². The number of esters is 1. The first-order valence-electron chi connectivity index (χ1n) is 5.13. The molecular formula is C12H17NO2. The van der Waals surface area contributed by atoms with Crippen molar-refractivity contribution in [1.29, 1.82) is 0 Å². The second kappa shape index (κ2) is 6.19. The van der Waals surface area contributed by atoms with E-state index in [9.17, 15) is 4.79 Å². The summed E-state index contributed by atoms with van der Waals surface area (Å²) in [5, 5.41) is 3.11. The van der Waals surface area contributed by atoms with Gasteiger partial charge in [-0.15, -0.1) is 0 Å². The van der Waals surface area contributed by atoms with Crippen LogP contribution in [0.2, 0.25) is 0 Å². The fourth-order valence-electron chi connectivity index (χ4n) is 1.48. The summed E-state index contributed by atoms with van der Waals surface area (Å²) >= 11 is 0. The molecule has 3 nitrogen and oxygen atoms in total. The van der Waals surface area contributed by atoms with Gasteiger partial charge < -0.3 is 10.1 Å². The van der Waals surface area contributed by atoms with E-state index in [-0.39, 0.29) is 12.0 Å². The minimum atomic E-state index is -0.248. The summed E-state index contributed by atoms with van der Waals surface area (Å²) in [5.74, 6) is -0.208. The molecule has 0 fully saturated rings. The number of rotatable bonds is 5. The highest BCUT2D eigenvalue weighted by atomic mass is 16.5. The minimum absolute atomic E-state index is 0.208. The van der Waals surface area contributed by atoms with E-state index in [1.165, 1.54) is 7.11 Å². The van der Waals surface area contributed by atoms with Gasteiger partial charge in [-0.1, -0.05) is 37.3 Å². The van der Waals surface area contributed by atoms with Gasteiger partial charge in [0.2, 0.25) is 0 Å². The van der Waals surface area contributed by atoms with Crippen molar-refractivity contribution in [2.45, 2.75) is 19.4 Å². The molecule has 1 atom stereocenters. The Hall–Kier alpha value is -1.35. The van der Waals surface area contributed by atoms with Gasteiger partial charge in [0.05, 0.1) is 7.11 Å². The molecule has 0 spiro atoms. The highest BCUT2D eigenvalue weighted by Gasteiger charge is 2.17. The van der Waals surface area contributed by atoms with E-state index < -0.39 is 0 Å². The van der Waals surface area contributed by atoms with Crippen molar-refractivity contribution in [3.05, 3.63) is 35.9 Å². The monoisotopic (exact) mass is 207 g/mol. The first-order chi connectivity index (χ1) is 7.27. The van der Waals surface area contributed by atoms with Gasteiger partial charge in [0.25, 0.3) is 0 Å². The Morgan fingerprint density at radius 3 is 2.60 bits per heavy atom. The number of carbonyl (C=O) groups excluding carboxylic acids is 1. The fraction of sp³-hybridized carbons (Fsp3) is 0.417. The molecule has 0 saturated heterocycles. The molecule has 15 heavy (non-hydrogen) atoms. The summed E-state index contributed by atoms with van der Waals surface area (Å²) in [7, 11) is 1.41. The molecule has 0 aliphatic heterocycles. The molecule has 0 heterocycles. The Morgan fingerprint density at radius 2 is 2.07 bits per heavy atom. The largest absolute Gasteiger partial charge is 0.468 e. The smallest absolute Gasteiger partial charge is 0.323 e. The lowest BCUT2D eigenvalue weighted by molar-refractivity contribution is -0.143. The van der Waals surface area contributed by atoms with Gasteiger partial charge in [0.15, 0.2) is 0 Å². The summed E-state index contributed by atoms with van der Waals surface area (Å²) in [4.78, 5) is 11.4. The zero-order valence-electron chi connectivity index (χ0n) is 9.19. The molecule has 1 aromatic carbocycles. The predicted molar refractivity (Wildman–Crippen MR) is 59.6 cm³/mol. The first-order valence-corrected chi connectivity index (χ1v) is 5.13. The Morgan fingerprint density at radius 1 is 1.40 bits per heavy atom. The van der Waals surface area contributed by atoms with Crippen LogP contribution in [-0.2, 0) is 16.0 Å². The average Bonchev–Trinajstić information content (AvgIpc) is 2.29. The van der Waals surface area contributed by atoms with Gasteiger partial charge in [0.1, 0.15) is 6.04 Å². The number of benzene rings is 1. The first kappa shape index (κ1) is 11.7. The van der Waals surface area contributed by atoms with E-state index >= 15 is 0 Å². The average molecular weight is 207 g/mol. The number of ether oxygens (including phenoxy) is 1. The summed E-state index contributed by atoms with van der Waals surface area (Å²) in [6, 6.07) is 9.66. The van der Waals surface area contributed by atoms with Crippen LogP contribution in [0.3, 0.4) is 0 Å². The third-order valence-electron chi connectivity index (χ3n) is 2.22. The predicted octanol–water partition coefficient (Wildman–Crippen LogP) is 1.38. The maximum absolute atomic E-state index is 11.4. The van der Waals surface area contributed by atoms with Crippen molar-refractivity contribution in [2.75, 3.05) is 13.7 Å². The van der Waals surface area contributed by atoms with E-state index in [1.807, 2.05) is 37.3 Å². The zero-order chi connectivity index (χ0) is 11.1. The van der Waals surface area contributed by atoms with Crippen LogP contribution in [0.15, 0.2) is 30.3 Å². The molecule has 82 valence electrons. The van der Waals surface area contributed by atoms with Gasteiger partial charge in [-0.05, 0) is 18.5 Å². The van der Waals surface area contributed by atoms with Crippen molar-refractivity contribution < 1.29 is 9.53 Å². The Balaban J connectivity index is 2.62. The molecule has 0 amide bonds. The number of hydrogen-bond donors (Lipinski definition) is 1. The van der Waals surface area contributed by atoms with Crippen LogP contribution in [-0.4, -0.2) is 25.7 Å². The molecule has 1 rings (SSSR count). The minimum Gasteiger partial charge on any atom is -0.468 e. The van der Waals surface area contributed by atoms with Crippen LogP contribution in [0.4, 0.5) is 0 Å². The molecule has 0 aliphatic carbocycles. The highest BCUT2D eigenvalue weighted by Crippen LogP contribution is 2.04. The standard InChI is InChI=1S/C12H17NO2/c1-3-13-11(12(14)15-2)9-10-7-5-4-6-8-10/h4-8,11,13H,3,9H2,1-2H3/t11-/m1/s1. The van der Waals surface area contributed by atoms with Crippen LogP contribution in [0.1, 0.15) is 12.5 Å². The summed E-state index contributed by atoms with van der Waals surface area (Å²) < 4.78 is 4.74. The summed E-state index contributed by atoms with van der Waals surface area (Å²) in [6.07, 6.45) is 0.668. The molecule has 3 heteroatoms. The second-order valence-electron chi connectivity index (χ2n) is 3.32. The summed E-state index contributed by atoms with van der Waals surface area (Å²) in [5.41, 5.74) is 1.13. The van der Waals surface area contributed by atoms with Gasteiger partial charge >= 0.3 is 5.97 Å². The highest BCUT2D eigenvalue weighted by molar-refractivity contribution is 5.76. The molecule has 0 aromatic heterocycles. The second-order valence-corrected chi connectivity index (χ2v) is 3.32. The number of nitrogens with one attached hydrogen (secondary N) is 1. The van der Waals surface area contributed by atoms with Gasteiger partial charge in [-0.2, -0.15) is 0 Å². The van der Waals surface area contributed by atoms with E-state index in [4.69, 9.17) is 4.74 Å². The molecule has 1 aromatic rings. The topological polar surface area (TPSA) is 38.3 Å². The Labute approximate surface area is 90.4 Å². The number of carbonyl (C=O) groups is 1. The Bertz CT molecular complexity index is 298. The maximum atomic E-state index is 11.4. The zero-order valence-corrected chi connectivity index (χ0v) is 9.19. The quantitative estimate of drug-likeness (QED) is 0.741. The van der Waals surface area contributed by atoms with Crippen molar-refractivity contribution in [3.63, 3.8) is 0 Å². The molecule has 0 saturated carbocycles. The van der Waals surface area contributed by atoms with E-state index in [1.54, 1.807) is 0 Å². The van der Waals surface area contributed by atoms with Crippen molar-refractivity contribution in [3.8, 4) is 0 Å². The number of likely N-dealkylation sites (N-methyl/N-ethyl adjacent to an activating group) is 1. The molecule has 1 N–H and O–H groups in total. The van der Waals surface area contributed by atoms with Crippen LogP contribution in [0.25, 0.3) is 0 Å². The third kappa shape index (κ3) is 3.72. The van der Waals surface area contributed by atoms with Crippen LogP contribution in [0.5, 0.6) is 0 Å². The molecule has 0 bridgehead atoms. The molecule has 0 unspecified atom stereocenters. The van der Waals surface area contributed by atoms with E-state index in [0.717, 1.165) is 12.1 Å². The fourth-order valence-corrected chi connectivity index (χ4v) is 1.48. The summed E-state index contributed by atoms with van der Waals surface area (Å²) in [6.45, 7) is 2.73. The van der Waals surface area contributed by atoms with Gasteiger partial charge in [-0.25, -0.2) is 0 Å². The lowest BCUT2D eigenvalue weighted by Crippen LogP contribution is -2.39. The van der Waals surface area contributed by atoms with Crippen LogP contribution >= 0.6 is 0 Å². The Kier molecular flexibility index (Phi) is 4.84. The maximum Gasteiger partial charge on any atom is 0.323 e.